The predicted octanol–water partition coefficient (Wildman–Crippen LogP) is 5.29. The van der Waals surface area contributed by atoms with Crippen LogP contribution >= 0.6 is 22.6 Å². The van der Waals surface area contributed by atoms with Crippen LogP contribution in [0, 0.1) is 0 Å². The average molecular weight is 408 g/mol. The molecule has 0 unspecified atom stereocenters. The lowest BCUT2D eigenvalue weighted by Gasteiger charge is -2.07. The van der Waals surface area contributed by atoms with Crippen LogP contribution in [0.1, 0.15) is 41.6 Å². The molecule has 2 aromatic rings. The van der Waals surface area contributed by atoms with E-state index in [4.69, 9.17) is 4.74 Å². The van der Waals surface area contributed by atoms with Crippen LogP contribution in [0.4, 0.5) is 0 Å². The molecule has 22 heavy (non-hydrogen) atoms. The van der Waals surface area contributed by atoms with Gasteiger partial charge in [0.05, 0.1) is 6.61 Å². The number of benzene rings is 2. The topological polar surface area (TPSA) is 26.3 Å². The molecule has 0 atom stereocenters. The number of halogens is 1. The number of ether oxygens (including phenoxy) is 1. The van der Waals surface area contributed by atoms with Gasteiger partial charge in [-0.3, -0.25) is 4.79 Å². The Kier molecular flexibility index (Phi) is 7.43. The average Bonchev–Trinajstić information content (AvgIpc) is 2.59. The molecule has 0 heterocycles. The van der Waals surface area contributed by atoms with E-state index in [9.17, 15) is 4.79 Å². The van der Waals surface area contributed by atoms with Crippen molar-refractivity contribution < 1.29 is 9.53 Å². The van der Waals surface area contributed by atoms with E-state index < -0.39 is 0 Å². The maximum absolute atomic E-state index is 12.3. The van der Waals surface area contributed by atoms with E-state index in [2.05, 4.69) is 22.6 Å². The van der Waals surface area contributed by atoms with E-state index in [1.54, 1.807) is 0 Å². The Morgan fingerprint density at radius 3 is 2.14 bits per heavy atom. The zero-order chi connectivity index (χ0) is 15.6. The Hall–Kier alpha value is -1.36. The Morgan fingerprint density at radius 2 is 1.45 bits per heavy atom. The molecule has 0 fully saturated rings. The van der Waals surface area contributed by atoms with Gasteiger partial charge >= 0.3 is 0 Å². The van der Waals surface area contributed by atoms with Gasteiger partial charge in [-0.15, -0.1) is 0 Å². The highest BCUT2D eigenvalue weighted by Gasteiger charge is 2.08. The lowest BCUT2D eigenvalue weighted by Crippen LogP contribution is -2.01. The maximum atomic E-state index is 12.3. The zero-order valence-electron chi connectivity index (χ0n) is 12.6. The van der Waals surface area contributed by atoms with Crippen LogP contribution in [0.25, 0.3) is 0 Å². The van der Waals surface area contributed by atoms with Gasteiger partial charge in [0.1, 0.15) is 5.75 Å². The van der Waals surface area contributed by atoms with Crippen molar-refractivity contribution in [1.29, 1.82) is 0 Å². The number of carbonyl (C=O) groups excluding carboxylic acids is 1. The normalized spacial score (nSPS) is 10.4. The van der Waals surface area contributed by atoms with E-state index in [1.807, 2.05) is 54.6 Å². The Labute approximate surface area is 146 Å². The SMILES string of the molecule is O=C(c1ccccc1)c1ccc(OCCCCCCI)cc1. The quantitative estimate of drug-likeness (QED) is 0.244. The molecule has 0 aliphatic carbocycles. The number of hydrogen-bond acceptors (Lipinski definition) is 2. The van der Waals surface area contributed by atoms with Crippen LogP contribution in [-0.4, -0.2) is 16.8 Å². The fourth-order valence-electron chi connectivity index (χ4n) is 2.20. The second kappa shape index (κ2) is 9.62. The second-order valence-electron chi connectivity index (χ2n) is 5.17. The fraction of sp³-hybridized carbons (Fsp3) is 0.316. The van der Waals surface area contributed by atoms with E-state index in [-0.39, 0.29) is 5.78 Å². The number of alkyl halides is 1. The predicted molar refractivity (Wildman–Crippen MR) is 99.2 cm³/mol. The molecule has 2 aromatic carbocycles. The first-order valence-electron chi connectivity index (χ1n) is 7.70. The third-order valence-electron chi connectivity index (χ3n) is 3.45. The van der Waals surface area contributed by atoms with Gasteiger partial charge in [-0.25, -0.2) is 0 Å². The summed E-state index contributed by atoms with van der Waals surface area (Å²) in [6.45, 7) is 0.743. The van der Waals surface area contributed by atoms with Crippen molar-refractivity contribution in [3.63, 3.8) is 0 Å². The summed E-state index contributed by atoms with van der Waals surface area (Å²) in [5.41, 5.74) is 1.41. The molecular weight excluding hydrogens is 387 g/mol. The smallest absolute Gasteiger partial charge is 0.193 e. The summed E-state index contributed by atoms with van der Waals surface area (Å²) in [5, 5.41) is 0. The highest BCUT2D eigenvalue weighted by molar-refractivity contribution is 14.1. The first-order valence-corrected chi connectivity index (χ1v) is 9.22. The van der Waals surface area contributed by atoms with Crippen molar-refractivity contribution in [1.82, 2.24) is 0 Å². The highest BCUT2D eigenvalue weighted by atomic mass is 127. The van der Waals surface area contributed by atoms with Crippen molar-refractivity contribution in [2.24, 2.45) is 0 Å². The van der Waals surface area contributed by atoms with Crippen LogP contribution in [0.3, 0.4) is 0 Å². The molecule has 0 radical (unpaired) electrons. The molecule has 116 valence electrons. The van der Waals surface area contributed by atoms with Crippen molar-refractivity contribution in [2.75, 3.05) is 11.0 Å². The van der Waals surface area contributed by atoms with Crippen molar-refractivity contribution >= 4 is 28.4 Å². The molecule has 0 saturated heterocycles. The number of rotatable bonds is 9. The minimum absolute atomic E-state index is 0.0472. The van der Waals surface area contributed by atoms with E-state index in [0.717, 1.165) is 18.8 Å². The minimum atomic E-state index is 0.0472. The first-order chi connectivity index (χ1) is 10.8. The van der Waals surface area contributed by atoms with Gasteiger partial charge in [-0.1, -0.05) is 65.8 Å². The van der Waals surface area contributed by atoms with Crippen LogP contribution < -0.4 is 4.74 Å². The van der Waals surface area contributed by atoms with E-state index >= 15 is 0 Å². The second-order valence-corrected chi connectivity index (χ2v) is 6.25. The number of ketones is 1. The van der Waals surface area contributed by atoms with Crippen molar-refractivity contribution in [3.8, 4) is 5.75 Å². The minimum Gasteiger partial charge on any atom is -0.494 e. The van der Waals surface area contributed by atoms with Crippen LogP contribution in [0.5, 0.6) is 5.75 Å². The molecule has 0 N–H and O–H groups in total. The molecule has 0 spiro atoms. The van der Waals surface area contributed by atoms with Gasteiger partial charge in [0.15, 0.2) is 5.78 Å². The Bertz CT molecular complexity index is 564. The zero-order valence-corrected chi connectivity index (χ0v) is 14.8. The molecule has 0 amide bonds. The van der Waals surface area contributed by atoms with Gasteiger partial charge in [-0.2, -0.15) is 0 Å². The van der Waals surface area contributed by atoms with Gasteiger partial charge in [-0.05, 0) is 41.5 Å². The molecule has 3 heteroatoms. The molecule has 0 bridgehead atoms. The largest absolute Gasteiger partial charge is 0.494 e. The standard InChI is InChI=1S/C19H21IO2/c20-14-6-1-2-7-15-22-18-12-10-17(11-13-18)19(21)16-8-4-3-5-9-16/h3-5,8-13H,1-2,6-7,14-15H2. The van der Waals surface area contributed by atoms with Gasteiger partial charge in [0.2, 0.25) is 0 Å². The summed E-state index contributed by atoms with van der Waals surface area (Å²) >= 11 is 2.41. The number of hydrogen-bond donors (Lipinski definition) is 0. The van der Waals surface area contributed by atoms with Crippen LogP contribution in [0.2, 0.25) is 0 Å². The monoisotopic (exact) mass is 408 g/mol. The van der Waals surface area contributed by atoms with Crippen LogP contribution in [-0.2, 0) is 0 Å². The molecule has 0 aliphatic heterocycles. The summed E-state index contributed by atoms with van der Waals surface area (Å²) in [6, 6.07) is 16.8. The third kappa shape index (κ3) is 5.44. The van der Waals surface area contributed by atoms with Crippen molar-refractivity contribution in [2.45, 2.75) is 25.7 Å². The third-order valence-corrected chi connectivity index (χ3v) is 4.21. The summed E-state index contributed by atoms with van der Waals surface area (Å²) in [6.07, 6.45) is 4.86. The first kappa shape index (κ1) is 17.0. The molecule has 2 rings (SSSR count). The summed E-state index contributed by atoms with van der Waals surface area (Å²) in [5.74, 6) is 0.879. The molecule has 2 nitrogen and oxygen atoms in total. The highest BCUT2D eigenvalue weighted by Crippen LogP contribution is 2.16. The van der Waals surface area contributed by atoms with Gasteiger partial charge in [0, 0.05) is 11.1 Å². The Morgan fingerprint density at radius 1 is 0.818 bits per heavy atom. The molecular formula is C19H21IO2. The lowest BCUT2D eigenvalue weighted by atomic mass is 10.0. The number of carbonyl (C=O) groups is 1. The van der Waals surface area contributed by atoms with Gasteiger partial charge in [0.25, 0.3) is 0 Å². The summed E-state index contributed by atoms with van der Waals surface area (Å²) in [4.78, 5) is 12.3. The lowest BCUT2D eigenvalue weighted by molar-refractivity contribution is 0.103. The fourth-order valence-corrected chi connectivity index (χ4v) is 2.74. The Balaban J connectivity index is 1.82. The molecule has 0 aromatic heterocycles. The van der Waals surface area contributed by atoms with E-state index in [1.165, 1.54) is 23.7 Å². The molecule has 0 aliphatic rings. The molecule has 0 saturated carbocycles. The summed E-state index contributed by atoms with van der Waals surface area (Å²) in [7, 11) is 0. The maximum Gasteiger partial charge on any atom is 0.193 e. The number of unbranched alkanes of at least 4 members (excludes halogenated alkanes) is 3. The summed E-state index contributed by atoms with van der Waals surface area (Å²) < 4.78 is 6.95. The van der Waals surface area contributed by atoms with Crippen molar-refractivity contribution in [3.05, 3.63) is 65.7 Å². The van der Waals surface area contributed by atoms with Crippen LogP contribution in [0.15, 0.2) is 54.6 Å². The van der Waals surface area contributed by atoms with Gasteiger partial charge < -0.3 is 4.74 Å². The van der Waals surface area contributed by atoms with E-state index in [0.29, 0.717) is 11.1 Å².